The summed E-state index contributed by atoms with van der Waals surface area (Å²) in [5.41, 5.74) is 4.61. The van der Waals surface area contributed by atoms with Gasteiger partial charge in [-0.1, -0.05) is 24.3 Å². The maximum Gasteiger partial charge on any atom is 0.151 e. The minimum atomic E-state index is 0.506. The van der Waals surface area contributed by atoms with Crippen LogP contribution in [0.15, 0.2) is 67.0 Å². The lowest BCUT2D eigenvalue weighted by molar-refractivity contribution is 0.353. The maximum absolute atomic E-state index is 6.35. The van der Waals surface area contributed by atoms with E-state index in [-0.39, 0.29) is 0 Å². The van der Waals surface area contributed by atoms with E-state index in [0.29, 0.717) is 18.1 Å². The van der Waals surface area contributed by atoms with Crippen molar-refractivity contribution >= 4 is 11.4 Å². The zero-order chi connectivity index (χ0) is 18.5. The summed E-state index contributed by atoms with van der Waals surface area (Å²) < 4.78 is 6.35. The van der Waals surface area contributed by atoms with Gasteiger partial charge in [-0.3, -0.25) is 4.98 Å². The van der Waals surface area contributed by atoms with Crippen LogP contribution in [0.1, 0.15) is 25.7 Å². The van der Waals surface area contributed by atoms with Crippen LogP contribution in [-0.4, -0.2) is 23.1 Å². The third-order valence-corrected chi connectivity index (χ3v) is 6.37. The van der Waals surface area contributed by atoms with Gasteiger partial charge in [0.15, 0.2) is 11.5 Å². The molecule has 2 fully saturated rings. The van der Waals surface area contributed by atoms with Gasteiger partial charge in [-0.2, -0.15) is 0 Å². The Hall–Kier alpha value is -2.85. The number of ether oxygens (including phenoxy) is 1. The molecule has 4 nitrogen and oxygen atoms in total. The first-order chi connectivity index (χ1) is 13.8. The molecule has 4 heteroatoms. The Kier molecular flexibility index (Phi) is 3.66. The number of benzene rings is 2. The van der Waals surface area contributed by atoms with Crippen molar-refractivity contribution in [2.75, 3.05) is 4.90 Å². The Bertz CT molecular complexity index is 1010. The number of piperidine rings is 1. The summed E-state index contributed by atoms with van der Waals surface area (Å²) in [6.07, 6.45) is 8.70. The van der Waals surface area contributed by atoms with Crippen molar-refractivity contribution in [2.24, 2.45) is 0 Å². The molecule has 2 aromatic carbocycles. The molecule has 0 unspecified atom stereocenters. The van der Waals surface area contributed by atoms with Gasteiger partial charge in [0, 0.05) is 36.1 Å². The summed E-state index contributed by atoms with van der Waals surface area (Å²) in [5, 5.41) is 3.77. The van der Waals surface area contributed by atoms with Crippen LogP contribution in [0.4, 0.5) is 11.4 Å². The molecule has 3 aromatic rings. The number of nitrogens with one attached hydrogen (secondary N) is 1. The molecule has 140 valence electrons. The van der Waals surface area contributed by atoms with Crippen molar-refractivity contribution < 1.29 is 4.74 Å². The number of para-hydroxylation sites is 2. The van der Waals surface area contributed by atoms with Gasteiger partial charge < -0.3 is 15.0 Å². The van der Waals surface area contributed by atoms with Gasteiger partial charge in [0.05, 0.1) is 11.4 Å². The lowest BCUT2D eigenvalue weighted by Gasteiger charge is -2.42. The highest BCUT2D eigenvalue weighted by Gasteiger charge is 2.39. The zero-order valence-electron chi connectivity index (χ0n) is 15.7. The third-order valence-electron chi connectivity index (χ3n) is 6.37. The summed E-state index contributed by atoms with van der Waals surface area (Å²) in [6, 6.07) is 20.9. The van der Waals surface area contributed by atoms with Gasteiger partial charge in [-0.25, -0.2) is 0 Å². The molecule has 0 aliphatic carbocycles. The van der Waals surface area contributed by atoms with Crippen LogP contribution in [-0.2, 0) is 0 Å². The third kappa shape index (κ3) is 2.60. The second-order valence-electron chi connectivity index (χ2n) is 8.13. The molecule has 0 amide bonds. The van der Waals surface area contributed by atoms with Crippen LogP contribution >= 0.6 is 0 Å². The Morgan fingerprint density at radius 2 is 1.68 bits per heavy atom. The predicted molar refractivity (Wildman–Crippen MR) is 111 cm³/mol. The lowest BCUT2D eigenvalue weighted by Crippen LogP contribution is -2.47. The molecule has 3 aliphatic rings. The van der Waals surface area contributed by atoms with E-state index in [1.54, 1.807) is 0 Å². The fraction of sp³-hybridized carbons (Fsp3) is 0.292. The van der Waals surface area contributed by atoms with E-state index in [1.807, 2.05) is 18.5 Å². The molecule has 0 radical (unpaired) electrons. The van der Waals surface area contributed by atoms with Crippen LogP contribution in [0.2, 0.25) is 0 Å². The highest BCUT2D eigenvalue weighted by Crippen LogP contribution is 2.50. The number of pyridine rings is 1. The van der Waals surface area contributed by atoms with Crippen LogP contribution < -0.4 is 15.0 Å². The first kappa shape index (κ1) is 16.1. The van der Waals surface area contributed by atoms with Crippen LogP contribution in [0.25, 0.3) is 11.1 Å². The smallest absolute Gasteiger partial charge is 0.151 e. The minimum Gasteiger partial charge on any atom is -0.453 e. The molecule has 2 saturated heterocycles. The van der Waals surface area contributed by atoms with E-state index >= 15 is 0 Å². The molecule has 0 saturated carbocycles. The SMILES string of the molecule is c1cncc(-c2ccc3c(c2)Oc2ccccc2N3[C@@H]2C[C@H]3CC[C@@H](C2)N3)c1. The van der Waals surface area contributed by atoms with Crippen LogP contribution in [0.5, 0.6) is 11.5 Å². The van der Waals surface area contributed by atoms with E-state index in [9.17, 15) is 0 Å². The fourth-order valence-electron chi connectivity index (χ4n) is 5.13. The number of rotatable bonds is 2. The number of anilines is 2. The van der Waals surface area contributed by atoms with Gasteiger partial charge in [0.1, 0.15) is 0 Å². The largest absolute Gasteiger partial charge is 0.453 e. The predicted octanol–water partition coefficient (Wildman–Crippen LogP) is 5.28. The molecule has 28 heavy (non-hydrogen) atoms. The summed E-state index contributed by atoms with van der Waals surface area (Å²) in [6.45, 7) is 0. The number of nitrogens with zero attached hydrogens (tertiary/aromatic N) is 2. The molecule has 2 bridgehead atoms. The summed E-state index contributed by atoms with van der Waals surface area (Å²) in [4.78, 5) is 6.80. The van der Waals surface area contributed by atoms with Gasteiger partial charge in [-0.15, -0.1) is 0 Å². The fourth-order valence-corrected chi connectivity index (χ4v) is 5.13. The van der Waals surface area contributed by atoms with E-state index in [4.69, 9.17) is 4.74 Å². The monoisotopic (exact) mass is 369 g/mol. The quantitative estimate of drug-likeness (QED) is 0.667. The Morgan fingerprint density at radius 1 is 0.857 bits per heavy atom. The van der Waals surface area contributed by atoms with Crippen LogP contribution in [0, 0.1) is 0 Å². The second-order valence-corrected chi connectivity index (χ2v) is 8.13. The van der Waals surface area contributed by atoms with Crippen molar-refractivity contribution in [3.8, 4) is 22.6 Å². The topological polar surface area (TPSA) is 37.4 Å². The highest BCUT2D eigenvalue weighted by molar-refractivity contribution is 5.81. The van der Waals surface area contributed by atoms with Crippen LogP contribution in [0.3, 0.4) is 0 Å². The van der Waals surface area contributed by atoms with E-state index < -0.39 is 0 Å². The molecular formula is C24H23N3O. The van der Waals surface area contributed by atoms with Crippen molar-refractivity contribution in [1.82, 2.24) is 10.3 Å². The average molecular weight is 369 g/mol. The zero-order valence-corrected chi connectivity index (χ0v) is 15.7. The maximum atomic E-state index is 6.35. The van der Waals surface area contributed by atoms with Crippen molar-refractivity contribution in [3.05, 3.63) is 67.0 Å². The Labute approximate surface area is 165 Å². The molecule has 6 rings (SSSR count). The molecule has 3 atom stereocenters. The lowest BCUT2D eigenvalue weighted by atomic mass is 9.95. The first-order valence-corrected chi connectivity index (χ1v) is 10.2. The van der Waals surface area contributed by atoms with E-state index in [1.165, 1.54) is 37.1 Å². The normalized spacial score (nSPS) is 25.0. The van der Waals surface area contributed by atoms with Gasteiger partial charge in [0.25, 0.3) is 0 Å². The standard InChI is InChI=1S/C24H23N3O/c1-2-6-23-21(5-1)27(20-13-18-8-9-19(14-20)26-18)22-10-7-16(12-24(22)28-23)17-4-3-11-25-15-17/h1-7,10-12,15,18-20,26H,8-9,13-14H2/t18-,19+,20-. The Morgan fingerprint density at radius 3 is 2.50 bits per heavy atom. The number of hydrogen-bond acceptors (Lipinski definition) is 4. The average Bonchev–Trinajstić information content (AvgIpc) is 3.09. The molecule has 3 aliphatic heterocycles. The van der Waals surface area contributed by atoms with Gasteiger partial charge in [0.2, 0.25) is 0 Å². The molecule has 4 heterocycles. The first-order valence-electron chi connectivity index (χ1n) is 10.2. The summed E-state index contributed by atoms with van der Waals surface area (Å²) in [7, 11) is 0. The van der Waals surface area contributed by atoms with E-state index in [0.717, 1.165) is 22.6 Å². The van der Waals surface area contributed by atoms with Crippen molar-refractivity contribution in [2.45, 2.75) is 43.8 Å². The molecule has 0 spiro atoms. The minimum absolute atomic E-state index is 0.506. The van der Waals surface area contributed by atoms with Gasteiger partial charge in [-0.05, 0) is 61.6 Å². The Balaban J connectivity index is 1.45. The number of fused-ring (bicyclic) bond motifs is 4. The molecule has 1 aromatic heterocycles. The van der Waals surface area contributed by atoms with Crippen molar-refractivity contribution in [3.63, 3.8) is 0 Å². The summed E-state index contributed by atoms with van der Waals surface area (Å²) >= 11 is 0. The highest BCUT2D eigenvalue weighted by atomic mass is 16.5. The number of aromatic nitrogens is 1. The van der Waals surface area contributed by atoms with Gasteiger partial charge >= 0.3 is 0 Å². The number of hydrogen-bond donors (Lipinski definition) is 1. The molecular weight excluding hydrogens is 346 g/mol. The molecule has 1 N–H and O–H groups in total. The van der Waals surface area contributed by atoms with Crippen molar-refractivity contribution in [1.29, 1.82) is 0 Å². The summed E-state index contributed by atoms with van der Waals surface area (Å²) in [5.74, 6) is 1.88. The second kappa shape index (κ2) is 6.35. The van der Waals surface area contributed by atoms with E-state index in [2.05, 4.69) is 63.7 Å².